The highest BCUT2D eigenvalue weighted by atomic mass is 16.5. The van der Waals surface area contributed by atoms with Crippen molar-refractivity contribution in [1.82, 2.24) is 14.5 Å². The van der Waals surface area contributed by atoms with Crippen molar-refractivity contribution < 1.29 is 23.5 Å². The first kappa shape index (κ1) is 28.8. The molecule has 0 spiro atoms. The van der Waals surface area contributed by atoms with Crippen molar-refractivity contribution in [3.63, 3.8) is 0 Å². The van der Waals surface area contributed by atoms with E-state index in [1.807, 2.05) is 0 Å². The number of hydrogen-bond donors (Lipinski definition) is 2. The number of furan rings is 1. The molecule has 2 N–H and O–H groups in total. The summed E-state index contributed by atoms with van der Waals surface area (Å²) in [6.45, 7) is 1.86. The molecular weight excluding hydrogens is 552 g/mol. The van der Waals surface area contributed by atoms with Gasteiger partial charge in [0.25, 0.3) is 5.56 Å². The summed E-state index contributed by atoms with van der Waals surface area (Å²) in [5.74, 6) is -0.550. The number of rotatable bonds is 10. The number of amides is 2. The van der Waals surface area contributed by atoms with Crippen molar-refractivity contribution in [2.24, 2.45) is 0 Å². The Morgan fingerprint density at radius 2 is 1.60 bits per heavy atom. The van der Waals surface area contributed by atoms with Gasteiger partial charge >= 0.3 is 11.7 Å². The van der Waals surface area contributed by atoms with Crippen molar-refractivity contribution in [2.45, 2.75) is 26.4 Å². The van der Waals surface area contributed by atoms with Gasteiger partial charge in [0.15, 0.2) is 0 Å². The summed E-state index contributed by atoms with van der Waals surface area (Å²) in [5.41, 5.74) is 0.831. The molecule has 2 amide bonds. The third-order valence-corrected chi connectivity index (χ3v) is 6.63. The molecule has 0 fully saturated rings. The van der Waals surface area contributed by atoms with Gasteiger partial charge in [-0.2, -0.15) is 0 Å². The maximum absolute atomic E-state index is 13.7. The smallest absolute Gasteiger partial charge is 0.338 e. The number of hydrogen-bond acceptors (Lipinski definition) is 7. The largest absolute Gasteiger partial charge is 0.467 e. The number of aromatic nitrogens is 2. The number of carbonyl (C=O) groups excluding carboxylic acids is 3. The van der Waals surface area contributed by atoms with Gasteiger partial charge in [0.05, 0.1) is 48.0 Å². The molecule has 0 atom stereocenters. The van der Waals surface area contributed by atoms with Crippen LogP contribution in [0.5, 0.6) is 0 Å². The topological polar surface area (TPSA) is 142 Å². The van der Waals surface area contributed by atoms with Gasteiger partial charge in [-0.1, -0.05) is 24.3 Å². The molecule has 0 bridgehead atoms. The Morgan fingerprint density at radius 1 is 0.860 bits per heavy atom. The monoisotopic (exact) mass is 580 g/mol. The number of nitrogens with zero attached hydrogens (tertiary/aromatic N) is 2. The zero-order chi connectivity index (χ0) is 30.3. The number of nitrogens with one attached hydrogen (secondary N) is 2. The Balaban J connectivity index is 1.37. The van der Waals surface area contributed by atoms with E-state index in [1.165, 1.54) is 23.0 Å². The first-order valence-electron chi connectivity index (χ1n) is 13.5. The summed E-state index contributed by atoms with van der Waals surface area (Å²) in [6.07, 6.45) is 1.63. The van der Waals surface area contributed by atoms with E-state index in [4.69, 9.17) is 9.15 Å². The normalized spacial score (nSPS) is 10.8. The van der Waals surface area contributed by atoms with E-state index in [2.05, 4.69) is 10.6 Å². The maximum Gasteiger partial charge on any atom is 0.338 e. The zero-order valence-electron chi connectivity index (χ0n) is 23.2. The first-order valence-corrected chi connectivity index (χ1v) is 13.5. The molecule has 5 aromatic rings. The van der Waals surface area contributed by atoms with E-state index in [-0.39, 0.29) is 37.4 Å². The van der Waals surface area contributed by atoms with Gasteiger partial charge < -0.3 is 19.8 Å². The lowest BCUT2D eigenvalue weighted by Gasteiger charge is -2.14. The van der Waals surface area contributed by atoms with Crippen LogP contribution in [0.2, 0.25) is 0 Å². The lowest BCUT2D eigenvalue weighted by molar-refractivity contribution is -0.120. The minimum Gasteiger partial charge on any atom is -0.467 e. The first-order chi connectivity index (χ1) is 20.8. The van der Waals surface area contributed by atoms with Crippen LogP contribution in [-0.2, 0) is 33.8 Å². The van der Waals surface area contributed by atoms with Crippen molar-refractivity contribution >= 4 is 34.4 Å². The third-order valence-electron chi connectivity index (χ3n) is 6.63. The van der Waals surface area contributed by atoms with Crippen LogP contribution in [0.15, 0.2) is 105 Å². The van der Waals surface area contributed by atoms with Crippen LogP contribution in [0.1, 0.15) is 28.6 Å². The van der Waals surface area contributed by atoms with Gasteiger partial charge in [0.2, 0.25) is 11.8 Å². The molecule has 0 aliphatic rings. The number of fused-ring (bicyclic) bond motifs is 1. The van der Waals surface area contributed by atoms with E-state index >= 15 is 0 Å². The quantitative estimate of drug-likeness (QED) is 0.241. The Hall–Kier alpha value is -5.71. The standard InChI is InChI=1S/C32H28N4O7/c1-2-42-31(40)22-11-13-23(14-12-22)34-29(38)20-35-27-8-4-3-7-26(27)30(39)36(32(35)41)24-15-9-21(10-16-24)18-28(37)33-19-25-6-5-17-43-25/h3-17H,2,18-20H2,1H3,(H,33,37)(H,34,38). The molecule has 2 heterocycles. The van der Waals surface area contributed by atoms with Crippen molar-refractivity contribution in [1.29, 1.82) is 0 Å². The van der Waals surface area contributed by atoms with Crippen LogP contribution in [-0.4, -0.2) is 33.5 Å². The molecule has 0 aliphatic carbocycles. The maximum atomic E-state index is 13.7. The van der Waals surface area contributed by atoms with Gasteiger partial charge in [0.1, 0.15) is 12.3 Å². The van der Waals surface area contributed by atoms with Gasteiger partial charge in [-0.3, -0.25) is 19.0 Å². The second-order valence-corrected chi connectivity index (χ2v) is 9.57. The molecule has 5 rings (SSSR count). The van der Waals surface area contributed by atoms with Gasteiger partial charge in [-0.15, -0.1) is 0 Å². The molecule has 43 heavy (non-hydrogen) atoms. The Labute approximate surface area is 245 Å². The molecule has 0 radical (unpaired) electrons. The molecular formula is C32H28N4O7. The molecule has 11 heteroatoms. The molecule has 0 saturated carbocycles. The summed E-state index contributed by atoms with van der Waals surface area (Å²) < 4.78 is 12.4. The lowest BCUT2D eigenvalue weighted by Crippen LogP contribution is -2.40. The van der Waals surface area contributed by atoms with Crippen molar-refractivity contribution in [2.75, 3.05) is 11.9 Å². The second kappa shape index (κ2) is 12.9. The van der Waals surface area contributed by atoms with Gasteiger partial charge in [-0.05, 0) is 73.2 Å². The fourth-order valence-corrected chi connectivity index (χ4v) is 4.56. The minimum absolute atomic E-state index is 0.0960. The summed E-state index contributed by atoms with van der Waals surface area (Å²) in [4.78, 5) is 64.3. The fraction of sp³-hybridized carbons (Fsp3) is 0.156. The van der Waals surface area contributed by atoms with E-state index < -0.39 is 23.1 Å². The average Bonchev–Trinajstić information content (AvgIpc) is 3.54. The third kappa shape index (κ3) is 6.62. The molecule has 11 nitrogen and oxygen atoms in total. The molecule has 218 valence electrons. The molecule has 2 aromatic heterocycles. The van der Waals surface area contributed by atoms with Gasteiger partial charge in [-0.25, -0.2) is 14.2 Å². The molecule has 0 saturated heterocycles. The molecule has 0 aliphatic heterocycles. The minimum atomic E-state index is -0.694. The number of anilines is 1. The van der Waals surface area contributed by atoms with Crippen LogP contribution >= 0.6 is 0 Å². The van der Waals surface area contributed by atoms with E-state index in [0.717, 1.165) is 4.57 Å². The Morgan fingerprint density at radius 3 is 2.30 bits per heavy atom. The summed E-state index contributed by atoms with van der Waals surface area (Å²) >= 11 is 0. The average molecular weight is 581 g/mol. The van der Waals surface area contributed by atoms with E-state index in [9.17, 15) is 24.0 Å². The van der Waals surface area contributed by atoms with Crippen LogP contribution in [0.4, 0.5) is 5.69 Å². The number of esters is 1. The number of carbonyl (C=O) groups is 3. The highest BCUT2D eigenvalue weighted by molar-refractivity contribution is 5.93. The fourth-order valence-electron chi connectivity index (χ4n) is 4.56. The van der Waals surface area contributed by atoms with Crippen LogP contribution in [0, 0.1) is 0 Å². The van der Waals surface area contributed by atoms with Crippen LogP contribution in [0.25, 0.3) is 16.6 Å². The Kier molecular flexibility index (Phi) is 8.61. The van der Waals surface area contributed by atoms with Crippen LogP contribution < -0.4 is 21.9 Å². The molecule has 3 aromatic carbocycles. The SMILES string of the molecule is CCOC(=O)c1ccc(NC(=O)Cn2c(=O)n(-c3ccc(CC(=O)NCc4ccco4)cc3)c(=O)c3ccccc32)cc1. The zero-order valence-corrected chi connectivity index (χ0v) is 23.2. The summed E-state index contributed by atoms with van der Waals surface area (Å²) in [6, 6.07) is 22.7. The van der Waals surface area contributed by atoms with Crippen molar-refractivity contribution in [3.8, 4) is 5.69 Å². The van der Waals surface area contributed by atoms with E-state index in [0.29, 0.717) is 33.8 Å². The van der Waals surface area contributed by atoms with Crippen LogP contribution in [0.3, 0.4) is 0 Å². The van der Waals surface area contributed by atoms with E-state index in [1.54, 1.807) is 79.7 Å². The highest BCUT2D eigenvalue weighted by Crippen LogP contribution is 2.14. The van der Waals surface area contributed by atoms with Gasteiger partial charge in [0, 0.05) is 5.69 Å². The van der Waals surface area contributed by atoms with Crippen molar-refractivity contribution in [3.05, 3.63) is 129 Å². The second-order valence-electron chi connectivity index (χ2n) is 9.57. The predicted octanol–water partition coefficient (Wildman–Crippen LogP) is 3.42. The number of para-hydroxylation sites is 1. The number of ether oxygens (including phenoxy) is 1. The highest BCUT2D eigenvalue weighted by Gasteiger charge is 2.17. The summed E-state index contributed by atoms with van der Waals surface area (Å²) in [7, 11) is 0. The lowest BCUT2D eigenvalue weighted by atomic mass is 10.1. The predicted molar refractivity (Wildman–Crippen MR) is 159 cm³/mol. The summed E-state index contributed by atoms with van der Waals surface area (Å²) in [5, 5.41) is 5.75. The molecule has 0 unspecified atom stereocenters. The number of benzene rings is 3. The Bertz CT molecular complexity index is 1890.